The molecule has 1 aromatic heterocycles. The fourth-order valence-electron chi connectivity index (χ4n) is 1.21. The van der Waals surface area contributed by atoms with E-state index in [1.54, 1.807) is 6.20 Å². The van der Waals surface area contributed by atoms with Gasteiger partial charge in [0.25, 0.3) is 0 Å². The van der Waals surface area contributed by atoms with Crippen LogP contribution in [0.15, 0.2) is 18.3 Å². The predicted octanol–water partition coefficient (Wildman–Crippen LogP) is 2.89. The van der Waals surface area contributed by atoms with E-state index in [4.69, 9.17) is 0 Å². The first kappa shape index (κ1) is 13.5. The number of carbonyl (C=O) groups is 1. The lowest BCUT2D eigenvalue weighted by atomic mass is 10.1. The maximum Gasteiger partial charge on any atom is 0.226 e. The second kappa shape index (κ2) is 5.17. The smallest absolute Gasteiger partial charge is 0.226 e. The van der Waals surface area contributed by atoms with Crippen LogP contribution >= 0.6 is 0 Å². The number of nitrogens with zero attached hydrogens (tertiary/aromatic N) is 1. The normalized spacial score (nSPS) is 11.4. The first-order valence-corrected chi connectivity index (χ1v) is 5.83. The largest absolute Gasteiger partial charge is 0.365 e. The summed E-state index contributed by atoms with van der Waals surface area (Å²) in [6, 6.07) is 3.71. The number of carbonyl (C=O) groups excluding carboxylic acids is 1. The molecule has 0 bridgehead atoms. The molecule has 17 heavy (non-hydrogen) atoms. The van der Waals surface area contributed by atoms with Gasteiger partial charge in [-0.15, -0.1) is 0 Å². The van der Waals surface area contributed by atoms with E-state index in [1.807, 2.05) is 26.0 Å². The summed E-state index contributed by atoms with van der Waals surface area (Å²) in [7, 11) is 0. The highest BCUT2D eigenvalue weighted by Gasteiger charge is 2.10. The summed E-state index contributed by atoms with van der Waals surface area (Å²) in [5.41, 5.74) is 0.707. The Morgan fingerprint density at radius 1 is 1.29 bits per heavy atom. The summed E-state index contributed by atoms with van der Waals surface area (Å²) in [5.74, 6) is 0.783. The molecule has 0 aliphatic rings. The number of hydrogen-bond donors (Lipinski definition) is 2. The van der Waals surface area contributed by atoms with Gasteiger partial charge in [-0.25, -0.2) is 4.98 Å². The van der Waals surface area contributed by atoms with Crippen molar-refractivity contribution in [3.63, 3.8) is 0 Å². The monoisotopic (exact) mass is 235 g/mol. The number of amides is 1. The molecule has 0 aromatic carbocycles. The van der Waals surface area contributed by atoms with Crippen molar-refractivity contribution in [3.8, 4) is 0 Å². The minimum absolute atomic E-state index is 0.00308. The first-order chi connectivity index (χ1) is 7.78. The molecule has 4 heteroatoms. The van der Waals surface area contributed by atoms with Gasteiger partial charge < -0.3 is 10.6 Å². The van der Waals surface area contributed by atoms with Gasteiger partial charge >= 0.3 is 0 Å². The van der Waals surface area contributed by atoms with E-state index < -0.39 is 0 Å². The number of rotatable bonds is 3. The van der Waals surface area contributed by atoms with Crippen LogP contribution in [0.25, 0.3) is 0 Å². The summed E-state index contributed by atoms with van der Waals surface area (Å²) in [6.07, 6.45) is 1.66. The van der Waals surface area contributed by atoms with Gasteiger partial charge in [-0.1, -0.05) is 13.8 Å². The molecule has 1 amide bonds. The van der Waals surface area contributed by atoms with E-state index in [0.717, 1.165) is 11.5 Å². The minimum Gasteiger partial charge on any atom is -0.365 e. The van der Waals surface area contributed by atoms with Crippen LogP contribution in [0.5, 0.6) is 0 Å². The Bertz CT molecular complexity index is 377. The van der Waals surface area contributed by atoms with E-state index in [0.29, 0.717) is 0 Å². The second-order valence-electron chi connectivity index (χ2n) is 5.45. The zero-order chi connectivity index (χ0) is 13.1. The predicted molar refractivity (Wildman–Crippen MR) is 71.1 cm³/mol. The fraction of sp³-hybridized carbons (Fsp3) is 0.538. The Morgan fingerprint density at radius 2 is 1.94 bits per heavy atom. The van der Waals surface area contributed by atoms with Crippen LogP contribution in [0.2, 0.25) is 0 Å². The third-order valence-electron chi connectivity index (χ3n) is 2.06. The van der Waals surface area contributed by atoms with Crippen molar-refractivity contribution >= 4 is 17.4 Å². The van der Waals surface area contributed by atoms with Crippen LogP contribution in [0.4, 0.5) is 11.5 Å². The van der Waals surface area contributed by atoms with Crippen molar-refractivity contribution < 1.29 is 4.79 Å². The molecule has 0 unspecified atom stereocenters. The van der Waals surface area contributed by atoms with Crippen LogP contribution in [-0.4, -0.2) is 16.4 Å². The maximum atomic E-state index is 11.5. The molecule has 4 nitrogen and oxygen atoms in total. The van der Waals surface area contributed by atoms with Crippen LogP contribution in [-0.2, 0) is 4.79 Å². The Balaban J connectivity index is 2.65. The zero-order valence-corrected chi connectivity index (χ0v) is 11.2. The van der Waals surface area contributed by atoms with Gasteiger partial charge in [0.05, 0.1) is 11.9 Å². The number of anilines is 2. The Kier molecular flexibility index (Phi) is 4.10. The van der Waals surface area contributed by atoms with E-state index in [-0.39, 0.29) is 17.4 Å². The Labute approximate surface area is 103 Å². The number of nitrogens with one attached hydrogen (secondary N) is 2. The molecule has 0 saturated carbocycles. The molecule has 0 saturated heterocycles. The summed E-state index contributed by atoms with van der Waals surface area (Å²) in [6.45, 7) is 9.94. The van der Waals surface area contributed by atoms with Crippen molar-refractivity contribution in [2.45, 2.75) is 40.2 Å². The highest BCUT2D eigenvalue weighted by atomic mass is 16.1. The quantitative estimate of drug-likeness (QED) is 0.847. The molecule has 1 rings (SSSR count). The van der Waals surface area contributed by atoms with Gasteiger partial charge in [-0.3, -0.25) is 4.79 Å². The van der Waals surface area contributed by atoms with E-state index in [9.17, 15) is 4.79 Å². The molecule has 0 fully saturated rings. The molecule has 94 valence electrons. The second-order valence-corrected chi connectivity index (χ2v) is 5.45. The topological polar surface area (TPSA) is 54.0 Å². The average Bonchev–Trinajstić information content (AvgIpc) is 2.18. The first-order valence-electron chi connectivity index (χ1n) is 5.83. The summed E-state index contributed by atoms with van der Waals surface area (Å²) in [5, 5.41) is 6.06. The lowest BCUT2D eigenvalue weighted by Gasteiger charge is -2.21. The highest BCUT2D eigenvalue weighted by Crippen LogP contribution is 2.14. The van der Waals surface area contributed by atoms with Crippen molar-refractivity contribution in [1.82, 2.24) is 4.98 Å². The molecule has 0 aliphatic heterocycles. The van der Waals surface area contributed by atoms with Gasteiger partial charge in [-0.05, 0) is 32.9 Å². The molecule has 0 aliphatic carbocycles. The molecule has 2 N–H and O–H groups in total. The third kappa shape index (κ3) is 4.85. The fourth-order valence-corrected chi connectivity index (χ4v) is 1.21. The van der Waals surface area contributed by atoms with Gasteiger partial charge in [0.2, 0.25) is 5.91 Å². The summed E-state index contributed by atoms with van der Waals surface area (Å²) < 4.78 is 0. The molecule has 1 heterocycles. The lowest BCUT2D eigenvalue weighted by Crippen LogP contribution is -2.26. The highest BCUT2D eigenvalue weighted by molar-refractivity contribution is 5.91. The van der Waals surface area contributed by atoms with Crippen molar-refractivity contribution in [1.29, 1.82) is 0 Å². The van der Waals surface area contributed by atoms with Crippen LogP contribution in [0.3, 0.4) is 0 Å². The summed E-state index contributed by atoms with van der Waals surface area (Å²) in [4.78, 5) is 15.7. The average molecular weight is 235 g/mol. The Hall–Kier alpha value is -1.58. The summed E-state index contributed by atoms with van der Waals surface area (Å²) >= 11 is 0. The molecular weight excluding hydrogens is 214 g/mol. The standard InChI is InChI=1S/C13H21N3O/c1-9(2)12(17)15-10-6-7-11(14-8-10)16-13(3,4)5/h6-9H,1-5H3,(H,14,16)(H,15,17). The lowest BCUT2D eigenvalue weighted by molar-refractivity contribution is -0.118. The van der Waals surface area contributed by atoms with Gasteiger partial charge in [0.15, 0.2) is 0 Å². The van der Waals surface area contributed by atoms with E-state index in [1.165, 1.54) is 0 Å². The molecule has 1 aromatic rings. The van der Waals surface area contributed by atoms with Gasteiger partial charge in [0.1, 0.15) is 5.82 Å². The van der Waals surface area contributed by atoms with Crippen molar-refractivity contribution in [2.75, 3.05) is 10.6 Å². The number of hydrogen-bond acceptors (Lipinski definition) is 3. The van der Waals surface area contributed by atoms with Gasteiger partial charge in [-0.2, -0.15) is 0 Å². The Morgan fingerprint density at radius 3 is 2.35 bits per heavy atom. The van der Waals surface area contributed by atoms with E-state index >= 15 is 0 Å². The SMILES string of the molecule is CC(C)C(=O)Nc1ccc(NC(C)(C)C)nc1. The van der Waals surface area contributed by atoms with Crippen LogP contribution < -0.4 is 10.6 Å². The van der Waals surface area contributed by atoms with Crippen LogP contribution in [0, 0.1) is 5.92 Å². The third-order valence-corrected chi connectivity index (χ3v) is 2.06. The molecule has 0 atom stereocenters. The zero-order valence-electron chi connectivity index (χ0n) is 11.2. The maximum absolute atomic E-state index is 11.5. The number of pyridine rings is 1. The van der Waals surface area contributed by atoms with Crippen molar-refractivity contribution in [2.24, 2.45) is 5.92 Å². The molecule has 0 radical (unpaired) electrons. The molecular formula is C13H21N3O. The van der Waals surface area contributed by atoms with Crippen molar-refractivity contribution in [3.05, 3.63) is 18.3 Å². The van der Waals surface area contributed by atoms with Gasteiger partial charge in [0, 0.05) is 11.5 Å². The number of aromatic nitrogens is 1. The minimum atomic E-state index is -0.0256. The van der Waals surface area contributed by atoms with Crippen LogP contribution in [0.1, 0.15) is 34.6 Å². The molecule has 0 spiro atoms. The van der Waals surface area contributed by atoms with E-state index in [2.05, 4.69) is 36.4 Å².